The highest BCUT2D eigenvalue weighted by atomic mass is 79.9. The number of hydrogen-bond acceptors (Lipinski definition) is 3. The van der Waals surface area contributed by atoms with Gasteiger partial charge in [-0.05, 0) is 37.1 Å². The van der Waals surface area contributed by atoms with Gasteiger partial charge in [-0.15, -0.1) is 0 Å². The van der Waals surface area contributed by atoms with Gasteiger partial charge in [0.05, 0.1) is 12.0 Å². The highest BCUT2D eigenvalue weighted by Crippen LogP contribution is 2.26. The molecular formula is C16H19BrN2O3. The van der Waals surface area contributed by atoms with Gasteiger partial charge in [0.15, 0.2) is 0 Å². The van der Waals surface area contributed by atoms with Gasteiger partial charge in [0.2, 0.25) is 11.8 Å². The maximum Gasteiger partial charge on any atom is 0.227 e. The predicted molar refractivity (Wildman–Crippen MR) is 86.6 cm³/mol. The van der Waals surface area contributed by atoms with E-state index in [1.165, 1.54) is 0 Å². The number of benzene rings is 1. The van der Waals surface area contributed by atoms with Gasteiger partial charge in [-0.25, -0.2) is 0 Å². The summed E-state index contributed by atoms with van der Waals surface area (Å²) in [5, 5.41) is 2.92. The van der Waals surface area contributed by atoms with Crippen LogP contribution in [0.4, 0.5) is 5.69 Å². The fraction of sp³-hybridized carbons (Fsp3) is 0.500. The Bertz CT molecular complexity index is 555. The maximum absolute atomic E-state index is 12.2. The lowest BCUT2D eigenvalue weighted by Gasteiger charge is -2.17. The summed E-state index contributed by atoms with van der Waals surface area (Å²) in [6.07, 6.45) is 2.45. The first kappa shape index (κ1) is 15.5. The van der Waals surface area contributed by atoms with Crippen molar-refractivity contribution in [3.05, 3.63) is 28.7 Å². The summed E-state index contributed by atoms with van der Waals surface area (Å²) in [6.45, 7) is 1.76. The van der Waals surface area contributed by atoms with Crippen molar-refractivity contribution < 1.29 is 14.3 Å². The van der Waals surface area contributed by atoms with E-state index in [0.29, 0.717) is 13.1 Å². The van der Waals surface area contributed by atoms with Crippen molar-refractivity contribution in [3.63, 3.8) is 0 Å². The molecule has 3 rings (SSSR count). The smallest absolute Gasteiger partial charge is 0.227 e. The SMILES string of the molecule is O=C(NC[C@@H]1CCCO1)[C@H]1CC(=O)N(c2ccc(Br)cc2)C1. The molecule has 1 N–H and O–H groups in total. The summed E-state index contributed by atoms with van der Waals surface area (Å²) < 4.78 is 6.46. The molecule has 0 aliphatic carbocycles. The second kappa shape index (κ2) is 6.79. The minimum absolute atomic E-state index is 0.000381. The van der Waals surface area contributed by atoms with E-state index in [4.69, 9.17) is 4.74 Å². The lowest BCUT2D eigenvalue weighted by atomic mass is 10.1. The van der Waals surface area contributed by atoms with Crippen LogP contribution in [-0.2, 0) is 14.3 Å². The average Bonchev–Trinajstić information content (AvgIpc) is 3.15. The van der Waals surface area contributed by atoms with Crippen LogP contribution in [0.25, 0.3) is 0 Å². The molecule has 0 radical (unpaired) electrons. The number of ether oxygens (including phenoxy) is 1. The Morgan fingerprint density at radius 2 is 2.14 bits per heavy atom. The molecule has 1 aromatic carbocycles. The van der Waals surface area contributed by atoms with Crippen LogP contribution in [-0.4, -0.2) is 37.6 Å². The van der Waals surface area contributed by atoms with Crippen molar-refractivity contribution in [2.24, 2.45) is 5.92 Å². The molecule has 6 heteroatoms. The fourth-order valence-electron chi connectivity index (χ4n) is 2.92. The van der Waals surface area contributed by atoms with Crippen LogP contribution in [0.2, 0.25) is 0 Å². The van der Waals surface area contributed by atoms with Crippen LogP contribution in [0.5, 0.6) is 0 Å². The van der Waals surface area contributed by atoms with Gasteiger partial charge in [0, 0.05) is 36.3 Å². The van der Waals surface area contributed by atoms with Gasteiger partial charge >= 0.3 is 0 Å². The number of halogens is 1. The van der Waals surface area contributed by atoms with Gasteiger partial charge in [0.1, 0.15) is 0 Å². The second-order valence-electron chi connectivity index (χ2n) is 5.76. The monoisotopic (exact) mass is 366 g/mol. The maximum atomic E-state index is 12.2. The molecule has 2 saturated heterocycles. The standard InChI is InChI=1S/C16H19BrN2O3/c17-12-3-5-13(6-4-12)19-10-11(8-15(19)20)16(21)18-9-14-2-1-7-22-14/h3-6,11,14H,1-2,7-10H2,(H,18,21)/t11-,14-/m0/s1. The van der Waals surface area contributed by atoms with Crippen molar-refractivity contribution in [1.82, 2.24) is 5.32 Å². The Balaban J connectivity index is 1.56. The van der Waals surface area contributed by atoms with Crippen molar-refractivity contribution in [2.75, 3.05) is 24.6 Å². The number of anilines is 1. The number of rotatable bonds is 4. The molecule has 1 aromatic rings. The van der Waals surface area contributed by atoms with Crippen LogP contribution >= 0.6 is 15.9 Å². The molecule has 2 aliphatic heterocycles. The molecule has 5 nitrogen and oxygen atoms in total. The summed E-state index contributed by atoms with van der Waals surface area (Å²) in [6, 6.07) is 7.56. The third kappa shape index (κ3) is 3.50. The fourth-order valence-corrected chi connectivity index (χ4v) is 3.18. The largest absolute Gasteiger partial charge is 0.376 e. The number of nitrogens with zero attached hydrogens (tertiary/aromatic N) is 1. The average molecular weight is 367 g/mol. The van der Waals surface area contributed by atoms with E-state index in [1.54, 1.807) is 4.90 Å². The van der Waals surface area contributed by atoms with Crippen molar-refractivity contribution in [2.45, 2.75) is 25.4 Å². The first-order chi connectivity index (χ1) is 10.6. The number of carbonyl (C=O) groups is 2. The predicted octanol–water partition coefficient (Wildman–Crippen LogP) is 2.10. The summed E-state index contributed by atoms with van der Waals surface area (Å²) in [4.78, 5) is 26.1. The van der Waals surface area contributed by atoms with E-state index in [-0.39, 0.29) is 30.3 Å². The summed E-state index contributed by atoms with van der Waals surface area (Å²) >= 11 is 3.38. The topological polar surface area (TPSA) is 58.6 Å². The molecule has 2 aliphatic rings. The van der Waals surface area contributed by atoms with Crippen LogP contribution in [0.3, 0.4) is 0 Å². The Kier molecular flexibility index (Phi) is 4.78. The van der Waals surface area contributed by atoms with E-state index < -0.39 is 0 Å². The highest BCUT2D eigenvalue weighted by molar-refractivity contribution is 9.10. The van der Waals surface area contributed by atoms with Crippen molar-refractivity contribution >= 4 is 33.4 Å². The molecule has 0 unspecified atom stereocenters. The molecule has 2 heterocycles. The molecule has 0 bridgehead atoms. The minimum Gasteiger partial charge on any atom is -0.376 e. The highest BCUT2D eigenvalue weighted by Gasteiger charge is 2.35. The van der Waals surface area contributed by atoms with Gasteiger partial charge < -0.3 is 15.0 Å². The van der Waals surface area contributed by atoms with Gasteiger partial charge in [0.25, 0.3) is 0 Å². The Morgan fingerprint density at radius 1 is 1.36 bits per heavy atom. The van der Waals surface area contributed by atoms with Gasteiger partial charge in [-0.1, -0.05) is 15.9 Å². The molecule has 22 heavy (non-hydrogen) atoms. The van der Waals surface area contributed by atoms with E-state index in [1.807, 2.05) is 24.3 Å². The number of hydrogen-bond donors (Lipinski definition) is 1. The third-order valence-electron chi connectivity index (χ3n) is 4.16. The van der Waals surface area contributed by atoms with Crippen molar-refractivity contribution in [1.29, 1.82) is 0 Å². The number of carbonyl (C=O) groups excluding carboxylic acids is 2. The Labute approximate surface area is 138 Å². The van der Waals surface area contributed by atoms with Gasteiger partial charge in [-0.3, -0.25) is 9.59 Å². The first-order valence-corrected chi connectivity index (χ1v) is 8.38. The lowest BCUT2D eigenvalue weighted by Crippen LogP contribution is -2.37. The molecule has 118 valence electrons. The summed E-state index contributed by atoms with van der Waals surface area (Å²) in [7, 11) is 0. The first-order valence-electron chi connectivity index (χ1n) is 7.59. The van der Waals surface area contributed by atoms with Crippen LogP contribution < -0.4 is 10.2 Å². The summed E-state index contributed by atoms with van der Waals surface area (Å²) in [5.74, 6) is -0.333. The van der Waals surface area contributed by atoms with Crippen LogP contribution in [0, 0.1) is 5.92 Å². The molecule has 2 amide bonds. The molecule has 2 atom stereocenters. The lowest BCUT2D eigenvalue weighted by molar-refractivity contribution is -0.126. The number of nitrogens with one attached hydrogen (secondary N) is 1. The van der Waals surface area contributed by atoms with Crippen LogP contribution in [0.1, 0.15) is 19.3 Å². The molecule has 0 aromatic heterocycles. The normalized spacial score (nSPS) is 24.8. The zero-order valence-electron chi connectivity index (χ0n) is 12.3. The van der Waals surface area contributed by atoms with Crippen LogP contribution in [0.15, 0.2) is 28.7 Å². The quantitative estimate of drug-likeness (QED) is 0.887. The van der Waals surface area contributed by atoms with Crippen molar-refractivity contribution in [3.8, 4) is 0 Å². The zero-order chi connectivity index (χ0) is 15.5. The number of amides is 2. The van der Waals surface area contributed by atoms with E-state index >= 15 is 0 Å². The molecule has 0 spiro atoms. The zero-order valence-corrected chi connectivity index (χ0v) is 13.8. The van der Waals surface area contributed by atoms with Gasteiger partial charge in [-0.2, -0.15) is 0 Å². The third-order valence-corrected chi connectivity index (χ3v) is 4.69. The minimum atomic E-state index is -0.280. The van der Waals surface area contributed by atoms with E-state index in [9.17, 15) is 9.59 Å². The molecule has 2 fully saturated rings. The van der Waals surface area contributed by atoms with E-state index in [0.717, 1.165) is 29.6 Å². The summed E-state index contributed by atoms with van der Waals surface area (Å²) in [5.41, 5.74) is 0.836. The Hall–Kier alpha value is -1.40. The molecule has 0 saturated carbocycles. The Morgan fingerprint density at radius 3 is 2.82 bits per heavy atom. The van der Waals surface area contributed by atoms with E-state index in [2.05, 4.69) is 21.2 Å². The molecular weight excluding hydrogens is 348 g/mol. The second-order valence-corrected chi connectivity index (χ2v) is 6.68.